The monoisotopic (exact) mass is 252 g/mol. The van der Waals surface area contributed by atoms with Crippen LogP contribution in [0.2, 0.25) is 0 Å². The van der Waals surface area contributed by atoms with Gasteiger partial charge in [-0.15, -0.1) is 0 Å². The van der Waals surface area contributed by atoms with Gasteiger partial charge in [0.25, 0.3) is 0 Å². The topological polar surface area (TPSA) is 54.4 Å². The van der Waals surface area contributed by atoms with E-state index in [-0.39, 0.29) is 23.5 Å². The summed E-state index contributed by atoms with van der Waals surface area (Å²) in [5.41, 5.74) is 0.548. The molecule has 0 heterocycles. The van der Waals surface area contributed by atoms with E-state index in [1.54, 1.807) is 0 Å². The quantitative estimate of drug-likeness (QED) is 0.837. The maximum Gasteiger partial charge on any atom is 0.232 e. The van der Waals surface area contributed by atoms with Gasteiger partial charge in [-0.25, -0.2) is 12.8 Å². The van der Waals surface area contributed by atoms with Crippen molar-refractivity contribution in [2.45, 2.75) is 13.3 Å². The Labute approximate surface area is 91.9 Å². The van der Waals surface area contributed by atoms with Gasteiger partial charge in [0.05, 0.1) is 5.75 Å². The van der Waals surface area contributed by atoms with Gasteiger partial charge in [-0.2, -0.15) is 0 Å². The molecule has 0 atom stereocenters. The fourth-order valence-electron chi connectivity index (χ4n) is 1.10. The molecule has 1 rings (SSSR count). The van der Waals surface area contributed by atoms with Crippen molar-refractivity contribution in [3.05, 3.63) is 29.1 Å². The zero-order valence-corrected chi connectivity index (χ0v) is 9.57. The van der Waals surface area contributed by atoms with Gasteiger partial charge in [0.2, 0.25) is 9.05 Å². The molecule has 0 aromatic heterocycles. The zero-order valence-electron chi connectivity index (χ0n) is 8.00. The van der Waals surface area contributed by atoms with E-state index >= 15 is 0 Å². The van der Waals surface area contributed by atoms with E-state index in [0.717, 1.165) is 0 Å². The molecule has 1 N–H and O–H groups in total. The minimum Gasteiger partial charge on any atom is -0.508 e. The minimum absolute atomic E-state index is 0.0800. The second kappa shape index (κ2) is 4.37. The Morgan fingerprint density at radius 2 is 2.07 bits per heavy atom. The number of hydrogen-bond acceptors (Lipinski definition) is 3. The van der Waals surface area contributed by atoms with Crippen molar-refractivity contribution >= 4 is 19.7 Å². The molecule has 1 aromatic carbocycles. The normalized spacial score (nSPS) is 11.7. The van der Waals surface area contributed by atoms with E-state index in [1.165, 1.54) is 19.1 Å². The lowest BCUT2D eigenvalue weighted by atomic mass is 10.1. The Hall–Kier alpha value is -0.810. The summed E-state index contributed by atoms with van der Waals surface area (Å²) in [4.78, 5) is 0. The van der Waals surface area contributed by atoms with Gasteiger partial charge in [-0.05, 0) is 31.0 Å². The number of phenols is 1. The first kappa shape index (κ1) is 12.3. The van der Waals surface area contributed by atoms with Crippen LogP contribution in [0.1, 0.15) is 11.1 Å². The van der Waals surface area contributed by atoms with Crippen molar-refractivity contribution in [1.29, 1.82) is 0 Å². The SMILES string of the molecule is Cc1c(O)cc(CCS(=O)(=O)Cl)cc1F. The Balaban J connectivity index is 2.89. The first-order chi connectivity index (χ1) is 6.79. The third-order valence-electron chi connectivity index (χ3n) is 2.01. The average molecular weight is 253 g/mol. The van der Waals surface area contributed by atoms with Gasteiger partial charge in [-0.1, -0.05) is 0 Å². The summed E-state index contributed by atoms with van der Waals surface area (Å²) in [6, 6.07) is 2.53. The van der Waals surface area contributed by atoms with Gasteiger partial charge in [-0.3, -0.25) is 0 Å². The molecule has 0 aliphatic rings. The van der Waals surface area contributed by atoms with Gasteiger partial charge in [0.15, 0.2) is 0 Å². The molecule has 0 bridgehead atoms. The summed E-state index contributed by atoms with van der Waals surface area (Å²) in [5.74, 6) is -1.02. The largest absolute Gasteiger partial charge is 0.508 e. The molecule has 0 spiro atoms. The Morgan fingerprint density at radius 3 is 2.53 bits per heavy atom. The average Bonchev–Trinajstić information content (AvgIpc) is 2.09. The number of aryl methyl sites for hydroxylation is 1. The third kappa shape index (κ3) is 3.68. The number of rotatable bonds is 3. The van der Waals surface area contributed by atoms with Gasteiger partial charge >= 0.3 is 0 Å². The summed E-state index contributed by atoms with van der Waals surface area (Å²) in [5, 5.41) is 9.29. The molecule has 0 radical (unpaired) electrons. The summed E-state index contributed by atoms with van der Waals surface area (Å²) >= 11 is 0. The summed E-state index contributed by atoms with van der Waals surface area (Å²) in [6.07, 6.45) is 0.0800. The van der Waals surface area contributed by atoms with Crippen LogP contribution in [0.15, 0.2) is 12.1 Å². The van der Waals surface area contributed by atoms with Crippen LogP contribution in [0.5, 0.6) is 5.75 Å². The van der Waals surface area contributed by atoms with Crippen LogP contribution in [-0.2, 0) is 15.5 Å². The molecule has 0 aliphatic heterocycles. The third-order valence-corrected chi connectivity index (χ3v) is 3.17. The van der Waals surface area contributed by atoms with Crippen molar-refractivity contribution in [1.82, 2.24) is 0 Å². The summed E-state index contributed by atoms with van der Waals surface area (Å²) in [7, 11) is 1.42. The lowest BCUT2D eigenvalue weighted by Gasteiger charge is -2.04. The van der Waals surface area contributed by atoms with Crippen LogP contribution in [-0.4, -0.2) is 19.3 Å². The second-order valence-electron chi connectivity index (χ2n) is 3.21. The van der Waals surface area contributed by atoms with Crippen molar-refractivity contribution < 1.29 is 17.9 Å². The maximum absolute atomic E-state index is 13.1. The Morgan fingerprint density at radius 1 is 1.47 bits per heavy atom. The van der Waals surface area contributed by atoms with Gasteiger partial charge in [0.1, 0.15) is 11.6 Å². The number of phenolic OH excluding ortho intramolecular Hbond substituents is 1. The van der Waals surface area contributed by atoms with Crippen molar-refractivity contribution in [3.63, 3.8) is 0 Å². The highest BCUT2D eigenvalue weighted by atomic mass is 35.7. The fourth-order valence-corrected chi connectivity index (χ4v) is 1.81. The summed E-state index contributed by atoms with van der Waals surface area (Å²) in [6.45, 7) is 1.44. The van der Waals surface area contributed by atoms with Crippen molar-refractivity contribution in [2.75, 3.05) is 5.75 Å². The highest BCUT2D eigenvalue weighted by Gasteiger charge is 2.09. The zero-order chi connectivity index (χ0) is 11.6. The van der Waals surface area contributed by atoms with Crippen LogP contribution in [0, 0.1) is 12.7 Å². The first-order valence-electron chi connectivity index (χ1n) is 4.20. The molecule has 3 nitrogen and oxygen atoms in total. The number of benzene rings is 1. The van der Waals surface area contributed by atoms with Crippen LogP contribution in [0.25, 0.3) is 0 Å². The van der Waals surface area contributed by atoms with Crippen molar-refractivity contribution in [3.8, 4) is 5.75 Å². The van der Waals surface area contributed by atoms with Gasteiger partial charge < -0.3 is 5.11 Å². The smallest absolute Gasteiger partial charge is 0.232 e. The molecule has 0 aliphatic carbocycles. The van der Waals surface area contributed by atoms with E-state index in [9.17, 15) is 17.9 Å². The molecular formula is C9H10ClFO3S. The van der Waals surface area contributed by atoms with Crippen LogP contribution in [0.3, 0.4) is 0 Å². The second-order valence-corrected chi connectivity index (χ2v) is 6.11. The summed E-state index contributed by atoms with van der Waals surface area (Å²) < 4.78 is 34.4. The van der Waals surface area contributed by atoms with Crippen LogP contribution in [0.4, 0.5) is 4.39 Å². The molecule has 0 saturated heterocycles. The van der Waals surface area contributed by atoms with E-state index in [4.69, 9.17) is 10.7 Å². The van der Waals surface area contributed by atoms with Crippen molar-refractivity contribution in [2.24, 2.45) is 0 Å². The van der Waals surface area contributed by atoms with E-state index in [1.807, 2.05) is 0 Å². The minimum atomic E-state index is -3.59. The number of aromatic hydroxyl groups is 1. The first-order valence-corrected chi connectivity index (χ1v) is 6.68. The molecular weight excluding hydrogens is 243 g/mol. The lowest BCUT2D eigenvalue weighted by molar-refractivity contribution is 0.462. The molecule has 1 aromatic rings. The maximum atomic E-state index is 13.1. The highest BCUT2D eigenvalue weighted by Crippen LogP contribution is 2.22. The van der Waals surface area contributed by atoms with Crippen LogP contribution >= 0.6 is 10.7 Å². The highest BCUT2D eigenvalue weighted by molar-refractivity contribution is 8.13. The number of halogens is 2. The van der Waals surface area contributed by atoms with Gasteiger partial charge in [0, 0.05) is 16.2 Å². The molecule has 0 fully saturated rings. The molecule has 15 heavy (non-hydrogen) atoms. The van der Waals surface area contributed by atoms with E-state index in [2.05, 4.69) is 0 Å². The molecule has 0 unspecified atom stereocenters. The number of hydrogen-bond donors (Lipinski definition) is 1. The fraction of sp³-hybridized carbons (Fsp3) is 0.333. The predicted molar refractivity (Wildman–Crippen MR) is 56.1 cm³/mol. The molecule has 0 amide bonds. The predicted octanol–water partition coefficient (Wildman–Crippen LogP) is 1.95. The van der Waals surface area contributed by atoms with Crippen LogP contribution < -0.4 is 0 Å². The van der Waals surface area contributed by atoms with E-state index < -0.39 is 14.9 Å². The molecule has 0 saturated carbocycles. The Kier molecular flexibility index (Phi) is 3.57. The molecule has 84 valence electrons. The molecule has 6 heteroatoms. The Bertz CT molecular complexity index is 447. The lowest BCUT2D eigenvalue weighted by Crippen LogP contribution is -2.01. The van der Waals surface area contributed by atoms with E-state index in [0.29, 0.717) is 5.56 Å². The standard InChI is InChI=1S/C9H10ClFO3S/c1-6-8(11)4-7(5-9(6)12)2-3-15(10,13)14/h4-5,12H,2-3H2,1H3.